The Labute approximate surface area is 107 Å². The minimum Gasteiger partial charge on any atom is -0.376 e. The number of amides is 1. The van der Waals surface area contributed by atoms with E-state index in [1.165, 1.54) is 0 Å². The molecule has 18 heavy (non-hydrogen) atoms. The van der Waals surface area contributed by atoms with Gasteiger partial charge in [-0.2, -0.15) is 0 Å². The number of nitrogens with zero attached hydrogens (tertiary/aromatic N) is 2. The third kappa shape index (κ3) is 2.68. The summed E-state index contributed by atoms with van der Waals surface area (Å²) in [6, 6.07) is 1.86. The van der Waals surface area contributed by atoms with E-state index in [0.717, 1.165) is 11.4 Å². The van der Waals surface area contributed by atoms with E-state index in [1.54, 1.807) is 12.4 Å². The summed E-state index contributed by atoms with van der Waals surface area (Å²) >= 11 is 0. The number of aromatic nitrogens is 1. The first-order valence-electron chi connectivity index (χ1n) is 5.94. The zero-order valence-electron chi connectivity index (χ0n) is 10.6. The average molecular weight is 246 g/mol. The molecule has 3 N–H and O–H groups in total. The lowest BCUT2D eigenvalue weighted by Gasteiger charge is -2.18. The predicted octanol–water partition coefficient (Wildman–Crippen LogP) is 0.990. The van der Waals surface area contributed by atoms with Gasteiger partial charge in [-0.05, 0) is 12.5 Å². The van der Waals surface area contributed by atoms with Crippen molar-refractivity contribution in [2.24, 2.45) is 11.7 Å². The highest BCUT2D eigenvalue weighted by Gasteiger charge is 2.23. The number of nitrogens with one attached hydrogen (secondary N) is 1. The third-order valence-corrected chi connectivity index (χ3v) is 2.99. The average Bonchev–Trinajstić information content (AvgIpc) is 2.76. The summed E-state index contributed by atoms with van der Waals surface area (Å²) in [6.45, 7) is 0. The second kappa shape index (κ2) is 5.18. The Bertz CT molecular complexity index is 470. The minimum atomic E-state index is -0.143. The Morgan fingerprint density at radius 1 is 1.50 bits per heavy atom. The molecule has 1 heterocycles. The Kier molecular flexibility index (Phi) is 3.62. The lowest BCUT2D eigenvalue weighted by Crippen LogP contribution is -2.25. The van der Waals surface area contributed by atoms with Gasteiger partial charge in [-0.3, -0.25) is 9.78 Å². The zero-order valence-corrected chi connectivity index (χ0v) is 10.6. The molecule has 0 bridgehead atoms. The zero-order chi connectivity index (χ0) is 13.1. The normalized spacial score (nSPS) is 21.9. The summed E-state index contributed by atoms with van der Waals surface area (Å²) in [5, 5.41) is 2.90. The van der Waals surface area contributed by atoms with Gasteiger partial charge in [0.2, 0.25) is 5.91 Å². The number of rotatable bonds is 3. The Balaban J connectivity index is 2.10. The van der Waals surface area contributed by atoms with Crippen molar-refractivity contribution in [2.75, 3.05) is 24.3 Å². The quantitative estimate of drug-likeness (QED) is 0.780. The summed E-state index contributed by atoms with van der Waals surface area (Å²) in [5.74, 6) is -0.175. The first-order chi connectivity index (χ1) is 8.58. The fourth-order valence-electron chi connectivity index (χ4n) is 2.02. The Morgan fingerprint density at radius 3 is 2.89 bits per heavy atom. The maximum atomic E-state index is 12.1. The second-order valence-corrected chi connectivity index (χ2v) is 4.67. The van der Waals surface area contributed by atoms with Crippen LogP contribution < -0.4 is 16.0 Å². The van der Waals surface area contributed by atoms with Crippen molar-refractivity contribution in [1.29, 1.82) is 0 Å². The van der Waals surface area contributed by atoms with Crippen LogP contribution in [0.25, 0.3) is 0 Å². The van der Waals surface area contributed by atoms with Crippen LogP contribution in [0.2, 0.25) is 0 Å². The van der Waals surface area contributed by atoms with Gasteiger partial charge in [0.1, 0.15) is 0 Å². The van der Waals surface area contributed by atoms with E-state index in [1.807, 2.05) is 37.2 Å². The van der Waals surface area contributed by atoms with Crippen molar-refractivity contribution in [3.63, 3.8) is 0 Å². The van der Waals surface area contributed by atoms with E-state index in [-0.39, 0.29) is 17.9 Å². The molecule has 2 atom stereocenters. The fraction of sp³-hybridized carbons (Fsp3) is 0.385. The maximum absolute atomic E-state index is 12.1. The summed E-state index contributed by atoms with van der Waals surface area (Å²) < 4.78 is 0. The molecule has 5 heteroatoms. The topological polar surface area (TPSA) is 71.2 Å². The van der Waals surface area contributed by atoms with Gasteiger partial charge < -0.3 is 16.0 Å². The largest absolute Gasteiger partial charge is 0.376 e. The SMILES string of the molecule is CN(C)c1ccncc1NC(=O)C1C=CC(N)C1. The summed E-state index contributed by atoms with van der Waals surface area (Å²) in [6.07, 6.45) is 7.78. The molecule has 1 amide bonds. The van der Waals surface area contributed by atoms with Gasteiger partial charge in [-0.25, -0.2) is 0 Å². The molecule has 1 aliphatic carbocycles. The van der Waals surface area contributed by atoms with Crippen molar-refractivity contribution in [3.8, 4) is 0 Å². The molecule has 2 unspecified atom stereocenters. The van der Waals surface area contributed by atoms with E-state index in [0.29, 0.717) is 6.42 Å². The van der Waals surface area contributed by atoms with Crippen molar-refractivity contribution in [2.45, 2.75) is 12.5 Å². The van der Waals surface area contributed by atoms with Crippen molar-refractivity contribution < 1.29 is 4.79 Å². The monoisotopic (exact) mass is 246 g/mol. The Hall–Kier alpha value is -1.88. The number of carbonyl (C=O) groups excluding carboxylic acids is 1. The number of carbonyl (C=O) groups is 1. The van der Waals surface area contributed by atoms with E-state index in [2.05, 4.69) is 10.3 Å². The van der Waals surface area contributed by atoms with Crippen LogP contribution in [0.4, 0.5) is 11.4 Å². The molecule has 2 rings (SSSR count). The van der Waals surface area contributed by atoms with Gasteiger partial charge in [0.25, 0.3) is 0 Å². The highest BCUT2D eigenvalue weighted by molar-refractivity contribution is 5.96. The minimum absolute atomic E-state index is 0.0111. The number of anilines is 2. The number of hydrogen-bond acceptors (Lipinski definition) is 4. The molecule has 0 fully saturated rings. The molecule has 1 aromatic heterocycles. The van der Waals surface area contributed by atoms with Gasteiger partial charge in [0, 0.05) is 26.3 Å². The van der Waals surface area contributed by atoms with Crippen LogP contribution >= 0.6 is 0 Å². The molecule has 0 spiro atoms. The lowest BCUT2D eigenvalue weighted by molar-refractivity contribution is -0.118. The maximum Gasteiger partial charge on any atom is 0.231 e. The molecule has 0 saturated carbocycles. The number of nitrogens with two attached hydrogens (primary N) is 1. The molecule has 0 aromatic carbocycles. The van der Waals surface area contributed by atoms with Gasteiger partial charge in [0.05, 0.1) is 23.5 Å². The molecule has 0 radical (unpaired) electrons. The lowest BCUT2D eigenvalue weighted by atomic mass is 10.1. The van der Waals surface area contributed by atoms with E-state index in [4.69, 9.17) is 5.73 Å². The van der Waals surface area contributed by atoms with Crippen molar-refractivity contribution in [3.05, 3.63) is 30.6 Å². The number of pyridine rings is 1. The first kappa shape index (κ1) is 12.6. The third-order valence-electron chi connectivity index (χ3n) is 2.99. The van der Waals surface area contributed by atoms with Crippen LogP contribution in [-0.2, 0) is 4.79 Å². The van der Waals surface area contributed by atoms with E-state index >= 15 is 0 Å². The highest BCUT2D eigenvalue weighted by Crippen LogP contribution is 2.24. The molecule has 0 aliphatic heterocycles. The molecule has 96 valence electrons. The van der Waals surface area contributed by atoms with Crippen molar-refractivity contribution in [1.82, 2.24) is 4.98 Å². The van der Waals surface area contributed by atoms with E-state index in [9.17, 15) is 4.79 Å². The fourth-order valence-corrected chi connectivity index (χ4v) is 2.02. The highest BCUT2D eigenvalue weighted by atomic mass is 16.1. The van der Waals surface area contributed by atoms with Gasteiger partial charge >= 0.3 is 0 Å². The molecule has 0 saturated heterocycles. The molecule has 1 aromatic rings. The van der Waals surface area contributed by atoms with Gasteiger partial charge in [-0.1, -0.05) is 12.2 Å². The van der Waals surface area contributed by atoms with E-state index < -0.39 is 0 Å². The molecule has 1 aliphatic rings. The van der Waals surface area contributed by atoms with Gasteiger partial charge in [-0.15, -0.1) is 0 Å². The summed E-state index contributed by atoms with van der Waals surface area (Å²) in [5.41, 5.74) is 7.41. The van der Waals surface area contributed by atoms with Crippen LogP contribution in [0.3, 0.4) is 0 Å². The smallest absolute Gasteiger partial charge is 0.231 e. The summed E-state index contributed by atoms with van der Waals surface area (Å²) in [7, 11) is 3.85. The second-order valence-electron chi connectivity index (χ2n) is 4.67. The van der Waals surface area contributed by atoms with Crippen LogP contribution in [0.5, 0.6) is 0 Å². The predicted molar refractivity (Wildman–Crippen MR) is 72.4 cm³/mol. The van der Waals surface area contributed by atoms with Crippen LogP contribution in [0.15, 0.2) is 30.6 Å². The number of hydrogen-bond donors (Lipinski definition) is 2. The van der Waals surface area contributed by atoms with Crippen molar-refractivity contribution >= 4 is 17.3 Å². The molecular weight excluding hydrogens is 228 g/mol. The standard InChI is InChI=1S/C13H18N4O/c1-17(2)12-5-6-15-8-11(12)16-13(18)9-3-4-10(14)7-9/h3-6,8-10H,7,14H2,1-2H3,(H,16,18). The Morgan fingerprint density at radius 2 is 2.28 bits per heavy atom. The van der Waals surface area contributed by atoms with Gasteiger partial charge in [0.15, 0.2) is 0 Å². The van der Waals surface area contributed by atoms with Crippen LogP contribution in [0.1, 0.15) is 6.42 Å². The summed E-state index contributed by atoms with van der Waals surface area (Å²) in [4.78, 5) is 18.0. The van der Waals surface area contributed by atoms with Crippen LogP contribution in [-0.4, -0.2) is 31.0 Å². The first-order valence-corrected chi connectivity index (χ1v) is 5.94. The molecule has 5 nitrogen and oxygen atoms in total. The van der Waals surface area contributed by atoms with Crippen LogP contribution in [0, 0.1) is 5.92 Å². The molecular formula is C13H18N4O.